The molecule has 0 bridgehead atoms. The first-order valence-electron chi connectivity index (χ1n) is 13.2. The van der Waals surface area contributed by atoms with Crippen LogP contribution in [0.3, 0.4) is 0 Å². The lowest BCUT2D eigenvalue weighted by Crippen LogP contribution is -2.71. The van der Waals surface area contributed by atoms with Gasteiger partial charge in [-0.25, -0.2) is 9.59 Å². The number of Topliss-reactive ketones (excluding diaryl/α,β-unsaturated/α-hetero) is 2. The second kappa shape index (κ2) is 13.4. The van der Waals surface area contributed by atoms with Gasteiger partial charge in [0.1, 0.15) is 0 Å². The number of ketones is 2. The van der Waals surface area contributed by atoms with Crippen molar-refractivity contribution in [2.24, 2.45) is 5.73 Å². The van der Waals surface area contributed by atoms with Crippen molar-refractivity contribution >= 4 is 23.5 Å². The molecular weight excluding hydrogens is 528 g/mol. The van der Waals surface area contributed by atoms with Gasteiger partial charge in [-0.3, -0.25) is 9.59 Å². The van der Waals surface area contributed by atoms with Crippen molar-refractivity contribution in [3.05, 3.63) is 108 Å². The van der Waals surface area contributed by atoms with Crippen LogP contribution in [0.5, 0.6) is 0 Å². The number of nitrogens with two attached hydrogens (primary N) is 1. The highest BCUT2D eigenvalue weighted by Gasteiger charge is 2.69. The normalized spacial score (nSPS) is 21.2. The molecule has 0 spiro atoms. The van der Waals surface area contributed by atoms with Crippen molar-refractivity contribution in [2.45, 2.75) is 55.5 Å². The van der Waals surface area contributed by atoms with Crippen LogP contribution in [0.1, 0.15) is 58.5 Å². The molecule has 1 aliphatic heterocycles. The lowest BCUT2D eigenvalue weighted by atomic mass is 9.73. The average Bonchev–Trinajstić information content (AvgIpc) is 3.01. The molecule has 10 nitrogen and oxygen atoms in total. The van der Waals surface area contributed by atoms with Crippen molar-refractivity contribution in [1.29, 1.82) is 0 Å². The Balaban J connectivity index is 0.000000260. The number of hydrogen-bond acceptors (Lipinski definition) is 8. The summed E-state index contributed by atoms with van der Waals surface area (Å²) < 4.78 is 0. The molecule has 0 radical (unpaired) electrons. The molecule has 1 heterocycles. The quantitative estimate of drug-likeness (QED) is 0.167. The summed E-state index contributed by atoms with van der Waals surface area (Å²) in [4.78, 5) is 48.5. The number of hydrogen-bond donors (Lipinski definition) is 6. The van der Waals surface area contributed by atoms with Crippen LogP contribution in [-0.2, 0) is 9.59 Å². The van der Waals surface area contributed by atoms with E-state index in [1.165, 1.54) is 54.8 Å². The van der Waals surface area contributed by atoms with E-state index < -0.39 is 45.8 Å². The lowest BCUT2D eigenvalue weighted by Gasteiger charge is -2.35. The molecule has 0 aromatic heterocycles. The predicted octanol–water partition coefficient (Wildman–Crippen LogP) is 2.60. The monoisotopic (exact) mass is 562 g/mol. The number of carbonyl (C=O) groups is 4. The van der Waals surface area contributed by atoms with Gasteiger partial charge < -0.3 is 31.5 Å². The Morgan fingerprint density at radius 1 is 0.732 bits per heavy atom. The van der Waals surface area contributed by atoms with Crippen LogP contribution >= 0.6 is 0 Å². The highest BCUT2D eigenvalue weighted by atomic mass is 16.5. The third kappa shape index (κ3) is 6.41. The summed E-state index contributed by atoms with van der Waals surface area (Å²) in [5.41, 5.74) is -1.20. The van der Waals surface area contributed by atoms with Crippen LogP contribution in [0.4, 0.5) is 0 Å². The number of nitrogens with one attached hydrogen (secondary N) is 1. The Morgan fingerprint density at radius 2 is 1.12 bits per heavy atom. The van der Waals surface area contributed by atoms with Crippen LogP contribution in [0.25, 0.3) is 0 Å². The van der Waals surface area contributed by atoms with Crippen LogP contribution in [0.2, 0.25) is 0 Å². The molecule has 2 unspecified atom stereocenters. The van der Waals surface area contributed by atoms with Crippen LogP contribution < -0.4 is 11.1 Å². The molecule has 0 amide bonds. The Labute approximate surface area is 237 Å². The van der Waals surface area contributed by atoms with Gasteiger partial charge in [0.2, 0.25) is 11.6 Å². The smallest absolute Gasteiger partial charge is 0.348 e. The Kier molecular flexibility index (Phi) is 10.3. The maximum absolute atomic E-state index is 12.6. The topological polar surface area (TPSA) is 187 Å². The number of carboxylic acid groups (broad SMARTS) is 2. The van der Waals surface area contributed by atoms with Gasteiger partial charge in [-0.15, -0.1) is 0 Å². The lowest BCUT2D eigenvalue weighted by molar-refractivity contribution is -0.187. The molecule has 41 heavy (non-hydrogen) atoms. The fraction of sp³-hybridized carbons (Fsp3) is 0.290. The molecule has 0 saturated carbocycles. The third-order valence-electron chi connectivity index (χ3n) is 7.22. The molecule has 3 aromatic carbocycles. The van der Waals surface area contributed by atoms with Gasteiger partial charge in [0.05, 0.1) is 0 Å². The minimum absolute atomic E-state index is 0.259. The van der Waals surface area contributed by atoms with Crippen molar-refractivity contribution in [3.63, 3.8) is 0 Å². The summed E-state index contributed by atoms with van der Waals surface area (Å²) >= 11 is 0. The number of aliphatic hydroxyl groups is 2. The van der Waals surface area contributed by atoms with Gasteiger partial charge in [-0.1, -0.05) is 97.9 Å². The Hall–Kier alpha value is -4.22. The summed E-state index contributed by atoms with van der Waals surface area (Å²) in [5, 5.41) is 43.5. The largest absolute Gasteiger partial charge is 0.479 e. The summed E-state index contributed by atoms with van der Waals surface area (Å²) in [6.45, 7) is 2.23. The number of aliphatic carboxylic acids is 2. The first-order valence-corrected chi connectivity index (χ1v) is 13.2. The minimum Gasteiger partial charge on any atom is -0.479 e. The predicted molar refractivity (Wildman–Crippen MR) is 150 cm³/mol. The van der Waals surface area contributed by atoms with Crippen molar-refractivity contribution in [1.82, 2.24) is 5.32 Å². The third-order valence-corrected chi connectivity index (χ3v) is 7.22. The molecule has 1 aliphatic rings. The zero-order valence-corrected chi connectivity index (χ0v) is 22.5. The molecule has 7 N–H and O–H groups in total. The first-order chi connectivity index (χ1) is 19.5. The van der Waals surface area contributed by atoms with E-state index in [4.69, 9.17) is 5.73 Å². The number of piperidine rings is 1. The zero-order valence-electron chi connectivity index (χ0n) is 22.5. The van der Waals surface area contributed by atoms with E-state index in [9.17, 15) is 39.6 Å². The molecule has 216 valence electrons. The summed E-state index contributed by atoms with van der Waals surface area (Å²) in [6.07, 6.45) is 3.53. The maximum Gasteiger partial charge on any atom is 0.348 e. The van der Waals surface area contributed by atoms with Crippen molar-refractivity contribution in [2.75, 3.05) is 0 Å². The fourth-order valence-corrected chi connectivity index (χ4v) is 4.78. The van der Waals surface area contributed by atoms with E-state index in [-0.39, 0.29) is 6.04 Å². The molecule has 10 heteroatoms. The molecule has 4 rings (SSSR count). The van der Waals surface area contributed by atoms with E-state index >= 15 is 0 Å². The Morgan fingerprint density at radius 3 is 1.49 bits per heavy atom. The summed E-state index contributed by atoms with van der Waals surface area (Å²) in [6, 6.07) is 24.6. The molecule has 3 aromatic rings. The summed E-state index contributed by atoms with van der Waals surface area (Å²) in [7, 11) is 0. The van der Waals surface area contributed by atoms with E-state index in [0.717, 1.165) is 30.7 Å². The highest BCUT2D eigenvalue weighted by molar-refractivity contribution is 6.28. The van der Waals surface area contributed by atoms with Crippen molar-refractivity contribution in [3.8, 4) is 0 Å². The van der Waals surface area contributed by atoms with Gasteiger partial charge in [-0.05, 0) is 24.8 Å². The maximum atomic E-state index is 12.6. The fourth-order valence-electron chi connectivity index (χ4n) is 4.78. The first kappa shape index (κ1) is 31.3. The van der Waals surface area contributed by atoms with Crippen molar-refractivity contribution < 1.29 is 39.6 Å². The second-order valence-electron chi connectivity index (χ2n) is 9.82. The van der Waals surface area contributed by atoms with Gasteiger partial charge in [0.25, 0.3) is 11.2 Å². The van der Waals surface area contributed by atoms with E-state index in [2.05, 4.69) is 42.6 Å². The minimum atomic E-state index is -3.95. The van der Waals surface area contributed by atoms with Crippen LogP contribution in [0.15, 0.2) is 91.0 Å². The van der Waals surface area contributed by atoms with Crippen LogP contribution in [-0.4, -0.2) is 67.2 Å². The molecular formula is C31H34N2O8. The standard InChI is InChI=1S/C18H14O8.C13H20N2/c19-13(11-7-3-1-4-8-11)17(25,15(21)22)18(26,16(23)24)14(20)12-9-5-2-6-10-12;1-2-11-8-9-12(14)13(15-11)10-6-4-3-5-7-10/h1-10,25-26H,(H,21,22)(H,23,24);3-7,11-13,15H,2,8-9,14H2,1H3/t;11-,12-,13-/m.0/s1. The molecule has 0 aliphatic carbocycles. The number of carbonyl (C=O) groups excluding carboxylic acids is 2. The number of carboxylic acids is 2. The Bertz CT molecular complexity index is 1280. The molecule has 1 fully saturated rings. The molecule has 1 saturated heterocycles. The number of benzene rings is 3. The summed E-state index contributed by atoms with van der Waals surface area (Å²) in [5.74, 6) is -8.03. The molecule has 5 atom stereocenters. The van der Waals surface area contributed by atoms with E-state index in [1.54, 1.807) is 0 Å². The SMILES string of the molecule is CC[C@H]1CC[C@H](N)[C@H](c2ccccc2)N1.O=C(O)C(O)(C(=O)c1ccccc1)C(O)(C(=O)O)C(=O)c1ccccc1. The van der Waals surface area contributed by atoms with Gasteiger partial charge in [0, 0.05) is 29.3 Å². The second-order valence-corrected chi connectivity index (χ2v) is 9.82. The zero-order chi connectivity index (χ0) is 30.2. The van der Waals surface area contributed by atoms with Gasteiger partial charge in [0.15, 0.2) is 0 Å². The van der Waals surface area contributed by atoms with E-state index in [0.29, 0.717) is 12.1 Å². The van der Waals surface area contributed by atoms with Gasteiger partial charge >= 0.3 is 11.9 Å². The average molecular weight is 563 g/mol. The highest BCUT2D eigenvalue weighted by Crippen LogP contribution is 2.32. The number of rotatable bonds is 9. The van der Waals surface area contributed by atoms with Gasteiger partial charge in [-0.2, -0.15) is 0 Å². The van der Waals surface area contributed by atoms with Crippen LogP contribution in [0, 0.1) is 0 Å². The van der Waals surface area contributed by atoms with E-state index in [1.807, 2.05) is 0 Å².